The maximum Gasteiger partial charge on any atom is 0.303 e. The third kappa shape index (κ3) is 6.21. The van der Waals surface area contributed by atoms with E-state index in [1.165, 1.54) is 19.9 Å². The van der Waals surface area contributed by atoms with Gasteiger partial charge in [0.15, 0.2) is 34.9 Å². The van der Waals surface area contributed by atoms with Gasteiger partial charge in [0.2, 0.25) is 29.5 Å². The van der Waals surface area contributed by atoms with Crippen LogP contribution in [0.1, 0.15) is 20.8 Å². The number of methoxy groups -OCH3 is 1. The normalized spacial score (nSPS) is 30.9. The molecule has 10 unspecified atom stereocenters. The number of rotatable bonds is 7. The molecule has 3 heterocycles. The van der Waals surface area contributed by atoms with Gasteiger partial charge in [0.05, 0.1) is 19.3 Å². The van der Waals surface area contributed by atoms with Crippen molar-refractivity contribution >= 4 is 16.9 Å². The summed E-state index contributed by atoms with van der Waals surface area (Å²) in [6.45, 7) is 3.88. The van der Waals surface area contributed by atoms with E-state index in [1.54, 1.807) is 0 Å². The number of hydrogen-bond acceptors (Lipinski definition) is 17. The van der Waals surface area contributed by atoms with E-state index in [2.05, 4.69) is 0 Å². The van der Waals surface area contributed by atoms with Crippen LogP contribution in [0.3, 0.4) is 0 Å². The molecule has 2 aliphatic rings. The van der Waals surface area contributed by atoms with Crippen molar-refractivity contribution in [3.05, 3.63) is 34.5 Å². The summed E-state index contributed by atoms with van der Waals surface area (Å²) in [6, 6.07) is 4.47. The fraction of sp³-hybridized carbons (Fsp3) is 0.467. The number of benzene rings is 2. The van der Waals surface area contributed by atoms with Crippen molar-refractivity contribution in [1.29, 1.82) is 0 Å². The number of phenolic OH excluding ortho intramolecular Hbond substituents is 3. The summed E-state index contributed by atoms with van der Waals surface area (Å²) >= 11 is 0. The average Bonchev–Trinajstić information content (AvgIpc) is 3.01. The molecule has 2 aromatic carbocycles. The van der Waals surface area contributed by atoms with Crippen LogP contribution in [0.5, 0.6) is 34.5 Å². The molecule has 17 heteroatoms. The average molecular weight is 667 g/mol. The number of carbonyl (C=O) groups excluding carboxylic acids is 1. The summed E-state index contributed by atoms with van der Waals surface area (Å²) in [6.07, 6.45) is -15.1. The molecule has 0 saturated carbocycles. The molecule has 2 aliphatic heterocycles. The third-order valence-electron chi connectivity index (χ3n) is 7.85. The Labute approximate surface area is 265 Å². The topological polar surface area (TPSA) is 264 Å². The van der Waals surface area contributed by atoms with Crippen LogP contribution in [0.15, 0.2) is 33.5 Å². The second-order valence-electron chi connectivity index (χ2n) is 11.1. The number of ether oxygens (including phenoxy) is 6. The predicted molar refractivity (Wildman–Crippen MR) is 155 cm³/mol. The Kier molecular flexibility index (Phi) is 9.43. The summed E-state index contributed by atoms with van der Waals surface area (Å²) < 4.78 is 39.1. The van der Waals surface area contributed by atoms with Crippen molar-refractivity contribution < 1.29 is 78.5 Å². The van der Waals surface area contributed by atoms with Crippen molar-refractivity contribution in [3.63, 3.8) is 0 Å². The highest BCUT2D eigenvalue weighted by Crippen LogP contribution is 2.46. The molecule has 0 aliphatic carbocycles. The SMILES string of the molecule is COc1c(OC2OC(C)C(O)C(O)C2OC(C)=O)cc2oc(-c3ccc(O)c(O)c3)c(OC3OC(C)C(O)C(O)C3O)c(=O)c2c1O. The Morgan fingerprint density at radius 3 is 2.04 bits per heavy atom. The molecular formula is C30H34O17. The van der Waals surface area contributed by atoms with E-state index in [9.17, 15) is 50.4 Å². The Morgan fingerprint density at radius 2 is 1.43 bits per heavy atom. The first kappa shape index (κ1) is 34.0. The Morgan fingerprint density at radius 1 is 0.787 bits per heavy atom. The van der Waals surface area contributed by atoms with E-state index in [0.29, 0.717) is 0 Å². The van der Waals surface area contributed by atoms with Crippen molar-refractivity contribution in [3.8, 4) is 45.8 Å². The number of esters is 1. The third-order valence-corrected chi connectivity index (χ3v) is 7.85. The van der Waals surface area contributed by atoms with Crippen LogP contribution in [-0.2, 0) is 19.0 Å². The number of aliphatic hydroxyl groups is 5. The minimum Gasteiger partial charge on any atom is -0.504 e. The van der Waals surface area contributed by atoms with E-state index < -0.39 is 113 Å². The lowest BCUT2D eigenvalue weighted by Gasteiger charge is -2.40. The molecule has 47 heavy (non-hydrogen) atoms. The zero-order valence-electron chi connectivity index (χ0n) is 25.3. The minimum atomic E-state index is -1.85. The zero-order chi connectivity index (χ0) is 34.5. The van der Waals surface area contributed by atoms with Crippen LogP contribution < -0.4 is 19.6 Å². The van der Waals surface area contributed by atoms with E-state index in [0.717, 1.165) is 32.2 Å². The number of carbonyl (C=O) groups is 1. The molecule has 0 spiro atoms. The van der Waals surface area contributed by atoms with Gasteiger partial charge < -0.3 is 73.7 Å². The van der Waals surface area contributed by atoms with Crippen LogP contribution in [0.4, 0.5) is 0 Å². The summed E-state index contributed by atoms with van der Waals surface area (Å²) in [4.78, 5) is 25.8. The van der Waals surface area contributed by atoms with Gasteiger partial charge in [-0.1, -0.05) is 0 Å². The highest BCUT2D eigenvalue weighted by molar-refractivity contribution is 5.91. The van der Waals surface area contributed by atoms with Crippen molar-refractivity contribution in [2.24, 2.45) is 0 Å². The summed E-state index contributed by atoms with van der Waals surface area (Å²) in [5, 5.41) is 82.6. The molecule has 2 fully saturated rings. The first-order valence-corrected chi connectivity index (χ1v) is 14.3. The molecule has 0 amide bonds. The Hall–Kier alpha value is -4.36. The van der Waals surface area contributed by atoms with E-state index in [4.69, 9.17) is 32.8 Å². The fourth-order valence-electron chi connectivity index (χ4n) is 5.29. The molecule has 17 nitrogen and oxygen atoms in total. The van der Waals surface area contributed by atoms with Gasteiger partial charge >= 0.3 is 5.97 Å². The minimum absolute atomic E-state index is 0.0394. The van der Waals surface area contributed by atoms with Crippen LogP contribution in [0, 0.1) is 0 Å². The maximum absolute atomic E-state index is 14.0. The van der Waals surface area contributed by atoms with Gasteiger partial charge in [-0.05, 0) is 32.0 Å². The molecule has 0 bridgehead atoms. The van der Waals surface area contributed by atoms with Crippen molar-refractivity contribution in [1.82, 2.24) is 0 Å². The lowest BCUT2D eigenvalue weighted by molar-refractivity contribution is -0.273. The molecule has 5 rings (SSSR count). The molecule has 2 saturated heterocycles. The second-order valence-corrected chi connectivity index (χ2v) is 11.1. The molecule has 3 aromatic rings. The van der Waals surface area contributed by atoms with Gasteiger partial charge in [-0.25, -0.2) is 0 Å². The molecular weight excluding hydrogens is 632 g/mol. The highest BCUT2D eigenvalue weighted by Gasteiger charge is 2.47. The maximum atomic E-state index is 14.0. The van der Waals surface area contributed by atoms with Gasteiger partial charge in [-0.2, -0.15) is 0 Å². The van der Waals surface area contributed by atoms with Crippen LogP contribution in [0.25, 0.3) is 22.3 Å². The summed E-state index contributed by atoms with van der Waals surface area (Å²) in [7, 11) is 1.13. The Bertz CT molecular complexity index is 1700. The quantitative estimate of drug-likeness (QED) is 0.117. The largest absolute Gasteiger partial charge is 0.504 e. The van der Waals surface area contributed by atoms with E-state index in [1.807, 2.05) is 0 Å². The molecule has 8 N–H and O–H groups in total. The van der Waals surface area contributed by atoms with Crippen LogP contribution in [0.2, 0.25) is 0 Å². The van der Waals surface area contributed by atoms with Gasteiger partial charge in [0.1, 0.15) is 41.5 Å². The van der Waals surface area contributed by atoms with Crippen LogP contribution in [-0.4, -0.2) is 115 Å². The number of hydrogen-bond donors (Lipinski definition) is 8. The monoisotopic (exact) mass is 666 g/mol. The molecule has 1 aromatic heterocycles. The molecule has 0 radical (unpaired) electrons. The van der Waals surface area contributed by atoms with Gasteiger partial charge in [-0.3, -0.25) is 9.59 Å². The second kappa shape index (κ2) is 13.0. The van der Waals surface area contributed by atoms with Gasteiger partial charge in [0.25, 0.3) is 0 Å². The fourth-order valence-corrected chi connectivity index (χ4v) is 5.29. The van der Waals surface area contributed by atoms with Crippen molar-refractivity contribution in [2.45, 2.75) is 82.2 Å². The first-order valence-electron chi connectivity index (χ1n) is 14.3. The molecule has 256 valence electrons. The molecule has 10 atom stereocenters. The number of fused-ring (bicyclic) bond motifs is 1. The highest BCUT2D eigenvalue weighted by atomic mass is 16.7. The lowest BCUT2D eigenvalue weighted by atomic mass is 9.99. The summed E-state index contributed by atoms with van der Waals surface area (Å²) in [5.74, 6) is -4.63. The number of phenols is 3. The smallest absolute Gasteiger partial charge is 0.303 e. The number of aromatic hydroxyl groups is 3. The zero-order valence-corrected chi connectivity index (χ0v) is 25.3. The lowest BCUT2D eigenvalue weighted by Crippen LogP contribution is -2.59. The van der Waals surface area contributed by atoms with Gasteiger partial charge in [-0.15, -0.1) is 0 Å². The van der Waals surface area contributed by atoms with E-state index in [-0.39, 0.29) is 16.9 Å². The van der Waals surface area contributed by atoms with Crippen molar-refractivity contribution in [2.75, 3.05) is 7.11 Å². The first-order chi connectivity index (χ1) is 22.1. The predicted octanol–water partition coefficient (Wildman–Crippen LogP) is -0.431. The van der Waals surface area contributed by atoms with Crippen LogP contribution >= 0.6 is 0 Å². The standard InChI is InChI=1S/C30H34O17/c1-9-18(34)22(38)24(40)29(42-9)47-27-21(37)17-15(45-25(27)12-5-6-13(32)14(33)7-12)8-16(26(41-4)20(17)36)46-30-28(44-11(3)31)23(39)19(35)10(2)43-30/h5-10,18-19,22-24,28-30,32-36,38-40H,1-4H3. The van der Waals surface area contributed by atoms with Gasteiger partial charge in [0, 0.05) is 18.6 Å². The summed E-state index contributed by atoms with van der Waals surface area (Å²) in [5.41, 5.74) is -1.46. The number of aliphatic hydroxyl groups excluding tert-OH is 5. The van der Waals surface area contributed by atoms with E-state index >= 15 is 0 Å². The Balaban J connectivity index is 1.67.